The zero-order valence-electron chi connectivity index (χ0n) is 14.8. The van der Waals surface area contributed by atoms with Crippen molar-refractivity contribution in [3.63, 3.8) is 0 Å². The molecule has 7 nitrogen and oxygen atoms in total. The van der Waals surface area contributed by atoms with Crippen molar-refractivity contribution in [3.8, 4) is 0 Å². The van der Waals surface area contributed by atoms with E-state index in [1.54, 1.807) is 18.3 Å². The van der Waals surface area contributed by atoms with E-state index in [1.165, 1.54) is 6.07 Å². The number of aliphatic hydroxyl groups is 1. The van der Waals surface area contributed by atoms with Crippen molar-refractivity contribution in [1.29, 1.82) is 0 Å². The number of aromatic nitrogens is 4. The Morgan fingerprint density at radius 2 is 2.26 bits per heavy atom. The van der Waals surface area contributed by atoms with Crippen molar-refractivity contribution < 1.29 is 14.3 Å². The van der Waals surface area contributed by atoms with Gasteiger partial charge in [0.15, 0.2) is 5.82 Å². The number of hydrogen-bond donors (Lipinski definition) is 3. The Morgan fingerprint density at radius 3 is 3.04 bits per heavy atom. The van der Waals surface area contributed by atoms with Crippen LogP contribution in [0.4, 0.5) is 4.39 Å². The number of H-pyrrole nitrogens is 1. The molecule has 142 valence electrons. The summed E-state index contributed by atoms with van der Waals surface area (Å²) in [4.78, 5) is 19.5. The van der Waals surface area contributed by atoms with E-state index in [4.69, 9.17) is 0 Å². The van der Waals surface area contributed by atoms with Crippen LogP contribution in [-0.2, 0) is 17.8 Å². The zero-order chi connectivity index (χ0) is 18.8. The molecule has 1 aliphatic carbocycles. The maximum atomic E-state index is 13.7. The fraction of sp³-hybridized carbons (Fsp3) is 0.421. The number of aromatic amines is 1. The van der Waals surface area contributed by atoms with Gasteiger partial charge in [-0.05, 0) is 37.0 Å². The van der Waals surface area contributed by atoms with E-state index in [1.807, 2.05) is 16.9 Å². The first kappa shape index (κ1) is 17.7. The summed E-state index contributed by atoms with van der Waals surface area (Å²) in [5, 5.41) is 17.4. The maximum absolute atomic E-state index is 13.7. The first-order valence-electron chi connectivity index (χ1n) is 9.16. The topological polar surface area (TPSA) is 95.8 Å². The minimum Gasteiger partial charge on any atom is -0.391 e. The monoisotopic (exact) mass is 371 g/mol. The number of nitrogens with one attached hydrogen (secondary N) is 2. The summed E-state index contributed by atoms with van der Waals surface area (Å²) in [6.07, 6.45) is 5.07. The van der Waals surface area contributed by atoms with Crippen LogP contribution < -0.4 is 5.32 Å². The Labute approximate surface area is 155 Å². The number of aryl methyl sites for hydroxylation is 1. The summed E-state index contributed by atoms with van der Waals surface area (Å²) in [7, 11) is 0. The molecule has 1 aromatic carbocycles. The number of carbonyl (C=O) groups excluding carboxylic acids is 1. The van der Waals surface area contributed by atoms with Crippen LogP contribution in [0.3, 0.4) is 0 Å². The first-order valence-corrected chi connectivity index (χ1v) is 9.16. The van der Waals surface area contributed by atoms with Crippen LogP contribution in [0.1, 0.15) is 25.1 Å². The standard InChI is InChI=1S/C19H22FN5O2/c20-13-3-1-4-14-19(13)24-17(22-14)5-6-18(27)23-15-9-12(10-16(15)26)11-25-8-2-7-21-25/h1-4,7-8,12,15-16,26H,5-6,9-11H2,(H,22,24)(H,23,27)/t12?,15-,16-/m1/s1. The number of halogens is 1. The van der Waals surface area contributed by atoms with Gasteiger partial charge in [-0.1, -0.05) is 6.07 Å². The molecule has 1 unspecified atom stereocenters. The lowest BCUT2D eigenvalue weighted by Crippen LogP contribution is -2.40. The number of imidazole rings is 1. The Hall–Kier alpha value is -2.74. The molecular weight excluding hydrogens is 349 g/mol. The van der Waals surface area contributed by atoms with Crippen molar-refractivity contribution in [2.75, 3.05) is 0 Å². The van der Waals surface area contributed by atoms with Gasteiger partial charge in [-0.3, -0.25) is 9.48 Å². The molecule has 3 N–H and O–H groups in total. The van der Waals surface area contributed by atoms with Crippen LogP contribution in [0.2, 0.25) is 0 Å². The highest BCUT2D eigenvalue weighted by Crippen LogP contribution is 2.27. The van der Waals surface area contributed by atoms with E-state index in [9.17, 15) is 14.3 Å². The highest BCUT2D eigenvalue weighted by atomic mass is 19.1. The fourth-order valence-corrected chi connectivity index (χ4v) is 3.77. The Bertz CT molecular complexity index is 923. The molecule has 1 aliphatic rings. The molecule has 0 radical (unpaired) electrons. The molecule has 1 saturated carbocycles. The molecule has 0 bridgehead atoms. The SMILES string of the molecule is O=C(CCc1nc2c(F)cccc2[nH]1)N[C@@H]1CC(Cn2cccn2)C[C@H]1O. The van der Waals surface area contributed by atoms with Crippen LogP contribution >= 0.6 is 0 Å². The molecule has 1 fully saturated rings. The molecule has 2 heterocycles. The third kappa shape index (κ3) is 4.00. The third-order valence-corrected chi connectivity index (χ3v) is 5.08. The average molecular weight is 371 g/mol. The summed E-state index contributed by atoms with van der Waals surface area (Å²) in [5.41, 5.74) is 0.915. The average Bonchev–Trinajstić information content (AvgIpc) is 3.35. The van der Waals surface area contributed by atoms with Crippen molar-refractivity contribution in [2.24, 2.45) is 5.92 Å². The van der Waals surface area contributed by atoms with Gasteiger partial charge in [0.2, 0.25) is 5.91 Å². The van der Waals surface area contributed by atoms with Gasteiger partial charge < -0.3 is 15.4 Å². The first-order chi connectivity index (χ1) is 13.1. The molecule has 0 saturated heterocycles. The van der Waals surface area contributed by atoms with Gasteiger partial charge in [-0.15, -0.1) is 0 Å². The Balaban J connectivity index is 1.29. The van der Waals surface area contributed by atoms with Gasteiger partial charge in [0.25, 0.3) is 0 Å². The second-order valence-corrected chi connectivity index (χ2v) is 7.13. The van der Waals surface area contributed by atoms with Gasteiger partial charge >= 0.3 is 0 Å². The van der Waals surface area contributed by atoms with E-state index in [2.05, 4.69) is 20.4 Å². The van der Waals surface area contributed by atoms with Gasteiger partial charge in [0.1, 0.15) is 11.3 Å². The largest absolute Gasteiger partial charge is 0.391 e. The number of rotatable bonds is 6. The number of para-hydroxylation sites is 1. The molecule has 3 aromatic rings. The summed E-state index contributed by atoms with van der Waals surface area (Å²) >= 11 is 0. The molecule has 27 heavy (non-hydrogen) atoms. The minimum absolute atomic E-state index is 0.139. The number of benzene rings is 1. The number of aliphatic hydroxyl groups excluding tert-OH is 1. The fourth-order valence-electron chi connectivity index (χ4n) is 3.77. The predicted molar refractivity (Wildman–Crippen MR) is 97.3 cm³/mol. The molecule has 3 atom stereocenters. The molecule has 1 amide bonds. The quantitative estimate of drug-likeness (QED) is 0.616. The number of carbonyl (C=O) groups is 1. The van der Waals surface area contributed by atoms with E-state index in [-0.39, 0.29) is 30.1 Å². The predicted octanol–water partition coefficient (Wildman–Crippen LogP) is 1.79. The molecular formula is C19H22FN5O2. The number of hydrogen-bond acceptors (Lipinski definition) is 4. The molecule has 0 spiro atoms. The molecule has 4 rings (SSSR count). The second kappa shape index (κ2) is 7.48. The van der Waals surface area contributed by atoms with Crippen LogP contribution in [0, 0.1) is 11.7 Å². The van der Waals surface area contributed by atoms with Gasteiger partial charge in [0.05, 0.1) is 17.7 Å². The second-order valence-electron chi connectivity index (χ2n) is 7.13. The van der Waals surface area contributed by atoms with Gasteiger partial charge in [-0.2, -0.15) is 5.10 Å². The summed E-state index contributed by atoms with van der Waals surface area (Å²) in [6.45, 7) is 0.737. The van der Waals surface area contributed by atoms with Crippen LogP contribution in [0.15, 0.2) is 36.7 Å². The number of amides is 1. The molecule has 0 aliphatic heterocycles. The highest BCUT2D eigenvalue weighted by Gasteiger charge is 2.34. The molecule has 2 aromatic heterocycles. The Kier molecular flexibility index (Phi) is 4.89. The maximum Gasteiger partial charge on any atom is 0.220 e. The lowest BCUT2D eigenvalue weighted by molar-refractivity contribution is -0.122. The number of nitrogens with zero attached hydrogens (tertiary/aromatic N) is 3. The summed E-state index contributed by atoms with van der Waals surface area (Å²) in [6, 6.07) is 6.36. The normalized spacial score (nSPS) is 22.4. The highest BCUT2D eigenvalue weighted by molar-refractivity contribution is 5.77. The lowest BCUT2D eigenvalue weighted by atomic mass is 10.1. The van der Waals surface area contributed by atoms with Gasteiger partial charge in [0, 0.05) is 31.8 Å². The number of fused-ring (bicyclic) bond motifs is 1. The van der Waals surface area contributed by atoms with Crippen molar-refractivity contribution >= 4 is 16.9 Å². The van der Waals surface area contributed by atoms with Crippen LogP contribution in [0.25, 0.3) is 11.0 Å². The van der Waals surface area contributed by atoms with E-state index < -0.39 is 6.10 Å². The molecule has 8 heteroatoms. The third-order valence-electron chi connectivity index (χ3n) is 5.08. The summed E-state index contributed by atoms with van der Waals surface area (Å²) in [5.74, 6) is 0.341. The minimum atomic E-state index is -0.546. The van der Waals surface area contributed by atoms with Crippen molar-refractivity contribution in [3.05, 3.63) is 48.3 Å². The van der Waals surface area contributed by atoms with E-state index >= 15 is 0 Å². The Morgan fingerprint density at radius 1 is 1.37 bits per heavy atom. The van der Waals surface area contributed by atoms with E-state index in [0.29, 0.717) is 29.7 Å². The van der Waals surface area contributed by atoms with E-state index in [0.717, 1.165) is 13.0 Å². The van der Waals surface area contributed by atoms with Crippen LogP contribution in [-0.4, -0.2) is 42.9 Å². The van der Waals surface area contributed by atoms with Crippen LogP contribution in [0.5, 0.6) is 0 Å². The van der Waals surface area contributed by atoms with Crippen molar-refractivity contribution in [2.45, 2.75) is 44.4 Å². The van der Waals surface area contributed by atoms with Crippen molar-refractivity contribution in [1.82, 2.24) is 25.1 Å². The van der Waals surface area contributed by atoms with Gasteiger partial charge in [-0.25, -0.2) is 9.37 Å². The lowest BCUT2D eigenvalue weighted by Gasteiger charge is -2.16. The summed E-state index contributed by atoms with van der Waals surface area (Å²) < 4.78 is 15.5. The zero-order valence-corrected chi connectivity index (χ0v) is 14.8. The smallest absolute Gasteiger partial charge is 0.220 e.